The molecule has 0 fully saturated rings. The normalized spacial score (nSPS) is 12.1. The zero-order valence-corrected chi connectivity index (χ0v) is 9.27. The monoisotopic (exact) mass is 206 g/mol. The van der Waals surface area contributed by atoms with Gasteiger partial charge in [-0.1, -0.05) is 12.1 Å². The topological polar surface area (TPSA) is 35.8 Å². The Morgan fingerprint density at radius 2 is 2.07 bits per heavy atom. The molecule has 0 heterocycles. The van der Waals surface area contributed by atoms with E-state index in [0.717, 1.165) is 11.4 Å². The van der Waals surface area contributed by atoms with E-state index in [1.165, 1.54) is 5.56 Å². The Bertz CT molecular complexity index is 313. The Hall–Kier alpha value is -0.980. The summed E-state index contributed by atoms with van der Waals surface area (Å²) in [5.41, 5.74) is 1.27. The van der Waals surface area contributed by atoms with Crippen LogP contribution in [0.5, 0.6) is 0 Å². The second-order valence-corrected chi connectivity index (χ2v) is 4.48. The number of rotatable bonds is 4. The summed E-state index contributed by atoms with van der Waals surface area (Å²) >= 11 is 1.59. The van der Waals surface area contributed by atoms with E-state index in [0.29, 0.717) is 0 Å². The third-order valence-electron chi connectivity index (χ3n) is 1.80. The Morgan fingerprint density at radius 3 is 2.57 bits per heavy atom. The minimum absolute atomic E-state index is 0.0187. The standard InChI is InChI=1S/C11H14N2S/c1-9(7-12)14-11-5-3-10(4-6-11)8-13-2/h3-6,9,13H,8H2,1-2H3. The van der Waals surface area contributed by atoms with E-state index in [1.807, 2.05) is 14.0 Å². The van der Waals surface area contributed by atoms with Crippen molar-refractivity contribution in [2.75, 3.05) is 7.05 Å². The molecule has 0 bridgehead atoms. The largest absolute Gasteiger partial charge is 0.316 e. The lowest BCUT2D eigenvalue weighted by Gasteiger charge is -2.04. The minimum Gasteiger partial charge on any atom is -0.316 e. The summed E-state index contributed by atoms with van der Waals surface area (Å²) in [4.78, 5) is 1.15. The van der Waals surface area contributed by atoms with Crippen LogP contribution in [-0.2, 0) is 6.54 Å². The van der Waals surface area contributed by atoms with E-state index in [2.05, 4.69) is 35.7 Å². The molecule has 0 saturated heterocycles. The van der Waals surface area contributed by atoms with Gasteiger partial charge in [0.15, 0.2) is 0 Å². The summed E-state index contributed by atoms with van der Waals surface area (Å²) in [7, 11) is 1.93. The number of nitriles is 1. The highest BCUT2D eigenvalue weighted by atomic mass is 32.2. The number of benzene rings is 1. The molecule has 1 rings (SSSR count). The van der Waals surface area contributed by atoms with Crippen LogP contribution in [0.15, 0.2) is 29.2 Å². The van der Waals surface area contributed by atoms with Crippen molar-refractivity contribution >= 4 is 11.8 Å². The molecule has 0 amide bonds. The van der Waals surface area contributed by atoms with Crippen molar-refractivity contribution in [3.63, 3.8) is 0 Å². The zero-order chi connectivity index (χ0) is 10.4. The first-order valence-corrected chi connectivity index (χ1v) is 5.44. The minimum atomic E-state index is 0.0187. The van der Waals surface area contributed by atoms with Crippen molar-refractivity contribution < 1.29 is 0 Å². The molecule has 0 aliphatic heterocycles. The van der Waals surface area contributed by atoms with Crippen molar-refractivity contribution in [1.29, 1.82) is 5.26 Å². The number of hydrogen-bond acceptors (Lipinski definition) is 3. The fraction of sp³-hybridized carbons (Fsp3) is 0.364. The van der Waals surface area contributed by atoms with E-state index < -0.39 is 0 Å². The SMILES string of the molecule is CNCc1ccc(SC(C)C#N)cc1. The summed E-state index contributed by atoms with van der Waals surface area (Å²) in [5, 5.41) is 11.8. The molecule has 0 saturated carbocycles. The van der Waals surface area contributed by atoms with Crippen LogP contribution < -0.4 is 5.32 Å². The van der Waals surface area contributed by atoms with Crippen molar-refractivity contribution in [1.82, 2.24) is 5.32 Å². The highest BCUT2D eigenvalue weighted by molar-refractivity contribution is 8.00. The molecule has 0 spiro atoms. The van der Waals surface area contributed by atoms with Gasteiger partial charge in [0, 0.05) is 11.4 Å². The van der Waals surface area contributed by atoms with Gasteiger partial charge in [0.05, 0.1) is 11.3 Å². The molecule has 2 nitrogen and oxygen atoms in total. The van der Waals surface area contributed by atoms with E-state index >= 15 is 0 Å². The molecule has 0 aromatic heterocycles. The van der Waals surface area contributed by atoms with Crippen LogP contribution in [0, 0.1) is 11.3 Å². The van der Waals surface area contributed by atoms with Gasteiger partial charge in [-0.15, -0.1) is 11.8 Å². The summed E-state index contributed by atoms with van der Waals surface area (Å²) in [5.74, 6) is 0. The lowest BCUT2D eigenvalue weighted by Crippen LogP contribution is -2.04. The average molecular weight is 206 g/mol. The van der Waals surface area contributed by atoms with E-state index in [4.69, 9.17) is 5.26 Å². The third kappa shape index (κ3) is 3.41. The lowest BCUT2D eigenvalue weighted by atomic mass is 10.2. The highest BCUT2D eigenvalue weighted by Crippen LogP contribution is 2.22. The number of nitrogens with zero attached hydrogens (tertiary/aromatic N) is 1. The van der Waals surface area contributed by atoms with Crippen LogP contribution in [0.2, 0.25) is 0 Å². The summed E-state index contributed by atoms with van der Waals surface area (Å²) in [6, 6.07) is 10.5. The predicted molar refractivity (Wildman–Crippen MR) is 60.1 cm³/mol. The molecule has 3 heteroatoms. The quantitative estimate of drug-likeness (QED) is 0.768. The van der Waals surface area contributed by atoms with Gasteiger partial charge in [-0.25, -0.2) is 0 Å². The molecule has 1 unspecified atom stereocenters. The molecular weight excluding hydrogens is 192 g/mol. The van der Waals surface area contributed by atoms with Crippen LogP contribution in [-0.4, -0.2) is 12.3 Å². The third-order valence-corrected chi connectivity index (χ3v) is 2.80. The van der Waals surface area contributed by atoms with Crippen LogP contribution in [0.1, 0.15) is 12.5 Å². The second kappa shape index (κ2) is 5.69. The molecule has 1 aromatic carbocycles. The van der Waals surface area contributed by atoms with Crippen molar-refractivity contribution in [3.05, 3.63) is 29.8 Å². The van der Waals surface area contributed by atoms with Gasteiger partial charge in [0.2, 0.25) is 0 Å². The van der Waals surface area contributed by atoms with E-state index in [-0.39, 0.29) is 5.25 Å². The molecular formula is C11H14N2S. The maximum absolute atomic E-state index is 8.65. The smallest absolute Gasteiger partial charge is 0.0935 e. The Morgan fingerprint density at radius 1 is 1.43 bits per heavy atom. The van der Waals surface area contributed by atoms with Crippen LogP contribution in [0.3, 0.4) is 0 Å². The zero-order valence-electron chi connectivity index (χ0n) is 8.45. The maximum Gasteiger partial charge on any atom is 0.0935 e. The van der Waals surface area contributed by atoms with Gasteiger partial charge < -0.3 is 5.32 Å². The molecule has 1 N–H and O–H groups in total. The first-order valence-electron chi connectivity index (χ1n) is 4.56. The highest BCUT2D eigenvalue weighted by Gasteiger charge is 2.01. The van der Waals surface area contributed by atoms with Crippen molar-refractivity contribution in [2.45, 2.75) is 23.6 Å². The Balaban J connectivity index is 2.60. The van der Waals surface area contributed by atoms with Crippen molar-refractivity contribution in [3.8, 4) is 6.07 Å². The molecule has 0 aliphatic rings. The molecule has 0 aliphatic carbocycles. The number of thioether (sulfide) groups is 1. The van der Waals surface area contributed by atoms with Gasteiger partial charge in [0.25, 0.3) is 0 Å². The number of hydrogen-bond donors (Lipinski definition) is 1. The van der Waals surface area contributed by atoms with Gasteiger partial charge in [0.1, 0.15) is 0 Å². The first kappa shape index (κ1) is 11.1. The summed E-state index contributed by atoms with van der Waals surface area (Å²) < 4.78 is 0. The average Bonchev–Trinajstić information content (AvgIpc) is 2.21. The molecule has 74 valence electrons. The first-order chi connectivity index (χ1) is 6.76. The molecule has 1 aromatic rings. The number of nitrogens with one attached hydrogen (secondary N) is 1. The maximum atomic E-state index is 8.65. The predicted octanol–water partition coefficient (Wildman–Crippen LogP) is 2.41. The lowest BCUT2D eigenvalue weighted by molar-refractivity contribution is 0.817. The second-order valence-electron chi connectivity index (χ2n) is 3.06. The van der Waals surface area contributed by atoms with Crippen molar-refractivity contribution in [2.24, 2.45) is 0 Å². The van der Waals surface area contributed by atoms with Gasteiger partial charge in [-0.2, -0.15) is 5.26 Å². The van der Waals surface area contributed by atoms with Crippen LogP contribution >= 0.6 is 11.8 Å². The van der Waals surface area contributed by atoms with Gasteiger partial charge in [-0.3, -0.25) is 0 Å². The fourth-order valence-electron chi connectivity index (χ4n) is 1.12. The molecule has 0 radical (unpaired) electrons. The Labute approximate surface area is 89.3 Å². The van der Waals surface area contributed by atoms with E-state index in [1.54, 1.807) is 11.8 Å². The van der Waals surface area contributed by atoms with Gasteiger partial charge >= 0.3 is 0 Å². The Kier molecular flexibility index (Phi) is 4.51. The summed E-state index contributed by atoms with van der Waals surface area (Å²) in [6.07, 6.45) is 0. The fourth-order valence-corrected chi connectivity index (χ4v) is 1.87. The van der Waals surface area contributed by atoms with Crippen LogP contribution in [0.4, 0.5) is 0 Å². The van der Waals surface area contributed by atoms with Gasteiger partial charge in [-0.05, 0) is 31.7 Å². The van der Waals surface area contributed by atoms with E-state index in [9.17, 15) is 0 Å². The van der Waals surface area contributed by atoms with Crippen LogP contribution in [0.25, 0.3) is 0 Å². The summed E-state index contributed by atoms with van der Waals surface area (Å²) in [6.45, 7) is 2.80. The molecule has 1 atom stereocenters. The molecule has 14 heavy (non-hydrogen) atoms.